The Morgan fingerprint density at radius 3 is 2.79 bits per heavy atom. The van der Waals surface area contributed by atoms with Gasteiger partial charge in [0.05, 0.1) is 18.6 Å². The molecular formula is C26H28N6O2. The largest absolute Gasteiger partial charge is 0.352 e. The van der Waals surface area contributed by atoms with E-state index in [9.17, 15) is 4.79 Å². The van der Waals surface area contributed by atoms with Gasteiger partial charge < -0.3 is 14.4 Å². The molecule has 0 spiro atoms. The number of nitrogens with one attached hydrogen (secondary N) is 1. The van der Waals surface area contributed by atoms with Crippen molar-refractivity contribution in [1.82, 2.24) is 29.9 Å². The number of aryl methyl sites for hydroxylation is 1. The standard InChI is InChI=1S/C26H28N6O2/c1-19-5-4-7-21(15-19)25-29-24(34-30-25)17-31-12-9-20(10-13-31)26(33)28-16-22-6-2-3-8-23(22)32-14-11-27-18-32/h2-8,11,14-15,18,20H,9-10,12-13,16-17H2,1H3,(H,28,33). The van der Waals surface area contributed by atoms with Gasteiger partial charge in [0.2, 0.25) is 17.6 Å². The van der Waals surface area contributed by atoms with Crippen molar-refractivity contribution in [2.75, 3.05) is 13.1 Å². The number of imidazole rings is 1. The molecule has 1 aliphatic rings. The van der Waals surface area contributed by atoms with E-state index in [1.165, 1.54) is 0 Å². The molecule has 4 aromatic rings. The van der Waals surface area contributed by atoms with E-state index in [1.807, 2.05) is 66.2 Å². The van der Waals surface area contributed by atoms with E-state index in [2.05, 4.69) is 25.3 Å². The number of piperidine rings is 1. The molecule has 0 atom stereocenters. The van der Waals surface area contributed by atoms with Crippen molar-refractivity contribution >= 4 is 5.91 Å². The summed E-state index contributed by atoms with van der Waals surface area (Å²) in [5, 5.41) is 7.26. The SMILES string of the molecule is Cc1cccc(-c2noc(CN3CCC(C(=O)NCc4ccccc4-n4ccnc4)CC3)n2)c1. The Balaban J connectivity index is 1.12. The maximum atomic E-state index is 12.8. The van der Waals surface area contributed by atoms with Gasteiger partial charge in [0.1, 0.15) is 0 Å². The van der Waals surface area contributed by atoms with Gasteiger partial charge in [-0.25, -0.2) is 4.98 Å². The Bertz CT molecular complexity index is 1240. The summed E-state index contributed by atoms with van der Waals surface area (Å²) in [6.45, 7) is 4.80. The summed E-state index contributed by atoms with van der Waals surface area (Å²) in [4.78, 5) is 23.8. The maximum absolute atomic E-state index is 12.8. The van der Waals surface area contributed by atoms with Gasteiger partial charge >= 0.3 is 0 Å². The molecule has 0 radical (unpaired) electrons. The molecule has 1 fully saturated rings. The maximum Gasteiger partial charge on any atom is 0.241 e. The van der Waals surface area contributed by atoms with Gasteiger partial charge in [-0.1, -0.05) is 47.1 Å². The smallest absolute Gasteiger partial charge is 0.241 e. The van der Waals surface area contributed by atoms with Gasteiger partial charge in [-0.05, 0) is 50.6 Å². The van der Waals surface area contributed by atoms with Gasteiger partial charge in [0, 0.05) is 30.4 Å². The fraction of sp³-hybridized carbons (Fsp3) is 0.308. The van der Waals surface area contributed by atoms with Crippen LogP contribution < -0.4 is 5.32 Å². The molecular weight excluding hydrogens is 428 g/mol. The van der Waals surface area contributed by atoms with Crippen molar-refractivity contribution in [3.8, 4) is 17.1 Å². The Kier molecular flexibility index (Phi) is 6.49. The number of nitrogens with zero attached hydrogens (tertiary/aromatic N) is 5. The normalized spacial score (nSPS) is 14.9. The Hall–Kier alpha value is -3.78. The van der Waals surface area contributed by atoms with Crippen LogP contribution in [-0.4, -0.2) is 43.6 Å². The molecule has 1 N–H and O–H groups in total. The third kappa shape index (κ3) is 5.07. The van der Waals surface area contributed by atoms with Gasteiger partial charge in [-0.2, -0.15) is 4.98 Å². The van der Waals surface area contributed by atoms with Crippen LogP contribution in [0.2, 0.25) is 0 Å². The van der Waals surface area contributed by atoms with Crippen molar-refractivity contribution in [2.45, 2.75) is 32.9 Å². The number of amides is 1. The molecule has 1 amide bonds. The number of carbonyl (C=O) groups is 1. The van der Waals surface area contributed by atoms with Crippen LogP contribution in [0.1, 0.15) is 29.9 Å². The van der Waals surface area contributed by atoms with E-state index in [-0.39, 0.29) is 11.8 Å². The second-order valence-electron chi connectivity index (χ2n) is 8.75. The lowest BCUT2D eigenvalue weighted by atomic mass is 9.96. The average molecular weight is 457 g/mol. The summed E-state index contributed by atoms with van der Waals surface area (Å²) in [6, 6.07) is 16.1. The first kappa shape index (κ1) is 22.0. The number of hydrogen-bond donors (Lipinski definition) is 1. The van der Waals surface area contributed by atoms with Gasteiger partial charge in [0.25, 0.3) is 0 Å². The molecule has 3 heterocycles. The summed E-state index contributed by atoms with van der Waals surface area (Å²) in [6.07, 6.45) is 7.05. The number of carbonyl (C=O) groups excluding carboxylic acids is 1. The predicted octanol–water partition coefficient (Wildman–Crippen LogP) is 3.76. The Morgan fingerprint density at radius 2 is 2.00 bits per heavy atom. The molecule has 5 rings (SSSR count). The van der Waals surface area contributed by atoms with Crippen LogP contribution in [0, 0.1) is 12.8 Å². The van der Waals surface area contributed by atoms with Crippen molar-refractivity contribution in [3.05, 3.63) is 84.3 Å². The van der Waals surface area contributed by atoms with Gasteiger partial charge in [0.15, 0.2) is 0 Å². The highest BCUT2D eigenvalue weighted by Gasteiger charge is 2.26. The first-order valence-corrected chi connectivity index (χ1v) is 11.6. The molecule has 1 aliphatic heterocycles. The van der Waals surface area contributed by atoms with Crippen molar-refractivity contribution in [2.24, 2.45) is 5.92 Å². The van der Waals surface area contributed by atoms with Crippen molar-refractivity contribution < 1.29 is 9.32 Å². The van der Waals surface area contributed by atoms with Crippen LogP contribution >= 0.6 is 0 Å². The lowest BCUT2D eigenvalue weighted by molar-refractivity contribution is -0.126. The molecule has 2 aromatic carbocycles. The Morgan fingerprint density at radius 1 is 1.15 bits per heavy atom. The minimum atomic E-state index is 0.0159. The summed E-state index contributed by atoms with van der Waals surface area (Å²) >= 11 is 0. The number of rotatable bonds is 7. The molecule has 174 valence electrons. The van der Waals surface area contributed by atoms with E-state index in [0.717, 1.165) is 48.3 Å². The third-order valence-corrected chi connectivity index (χ3v) is 6.29. The van der Waals surface area contributed by atoms with E-state index in [1.54, 1.807) is 12.5 Å². The third-order valence-electron chi connectivity index (χ3n) is 6.29. The molecule has 2 aromatic heterocycles. The topological polar surface area (TPSA) is 89.1 Å². The van der Waals surface area contributed by atoms with Crippen LogP contribution in [0.5, 0.6) is 0 Å². The predicted molar refractivity (Wildman–Crippen MR) is 128 cm³/mol. The number of likely N-dealkylation sites (tertiary alicyclic amines) is 1. The zero-order chi connectivity index (χ0) is 23.3. The highest BCUT2D eigenvalue weighted by Crippen LogP contribution is 2.22. The number of benzene rings is 2. The van der Waals surface area contributed by atoms with Crippen LogP contribution in [0.4, 0.5) is 0 Å². The van der Waals surface area contributed by atoms with Crippen LogP contribution in [-0.2, 0) is 17.9 Å². The lowest BCUT2D eigenvalue weighted by Gasteiger charge is -2.30. The quantitative estimate of drug-likeness (QED) is 0.456. The highest BCUT2D eigenvalue weighted by atomic mass is 16.5. The van der Waals surface area contributed by atoms with E-state index >= 15 is 0 Å². The molecule has 8 nitrogen and oxygen atoms in total. The first-order chi connectivity index (χ1) is 16.7. The molecule has 1 saturated heterocycles. The molecule has 0 bridgehead atoms. The molecule has 0 aliphatic carbocycles. The van der Waals surface area contributed by atoms with Crippen LogP contribution in [0.15, 0.2) is 71.8 Å². The monoisotopic (exact) mass is 456 g/mol. The number of hydrogen-bond acceptors (Lipinski definition) is 6. The summed E-state index contributed by atoms with van der Waals surface area (Å²) in [5.41, 5.74) is 4.21. The van der Waals surface area contributed by atoms with E-state index < -0.39 is 0 Å². The minimum Gasteiger partial charge on any atom is -0.352 e. The van der Waals surface area contributed by atoms with Crippen LogP contribution in [0.3, 0.4) is 0 Å². The Labute approximate surface area is 198 Å². The second-order valence-corrected chi connectivity index (χ2v) is 8.75. The van der Waals surface area contributed by atoms with Gasteiger partial charge in [-0.15, -0.1) is 0 Å². The molecule has 0 unspecified atom stereocenters. The molecule has 0 saturated carbocycles. The summed E-state index contributed by atoms with van der Waals surface area (Å²) in [7, 11) is 0. The first-order valence-electron chi connectivity index (χ1n) is 11.6. The minimum absolute atomic E-state index is 0.0159. The summed E-state index contributed by atoms with van der Waals surface area (Å²) < 4.78 is 7.44. The number of para-hydroxylation sites is 1. The zero-order valence-electron chi connectivity index (χ0n) is 19.2. The second kappa shape index (κ2) is 10.0. The highest BCUT2D eigenvalue weighted by molar-refractivity contribution is 5.78. The van der Waals surface area contributed by atoms with E-state index in [0.29, 0.717) is 24.8 Å². The lowest BCUT2D eigenvalue weighted by Crippen LogP contribution is -2.40. The zero-order valence-corrected chi connectivity index (χ0v) is 19.2. The van der Waals surface area contributed by atoms with E-state index in [4.69, 9.17) is 4.52 Å². The van der Waals surface area contributed by atoms with Gasteiger partial charge in [-0.3, -0.25) is 9.69 Å². The van der Waals surface area contributed by atoms with Crippen molar-refractivity contribution in [1.29, 1.82) is 0 Å². The molecule has 34 heavy (non-hydrogen) atoms. The number of aromatic nitrogens is 4. The average Bonchev–Trinajstić information content (AvgIpc) is 3.56. The fourth-order valence-electron chi connectivity index (χ4n) is 4.41. The fourth-order valence-corrected chi connectivity index (χ4v) is 4.41. The van der Waals surface area contributed by atoms with Crippen LogP contribution in [0.25, 0.3) is 17.1 Å². The molecule has 8 heteroatoms. The summed E-state index contributed by atoms with van der Waals surface area (Å²) in [5.74, 6) is 1.35. The van der Waals surface area contributed by atoms with Crippen molar-refractivity contribution in [3.63, 3.8) is 0 Å².